The Bertz CT molecular complexity index is 806. The zero-order chi connectivity index (χ0) is 19.5. The molecule has 2 aliphatic rings. The highest BCUT2D eigenvalue weighted by Gasteiger charge is 2.24. The Morgan fingerprint density at radius 2 is 1.68 bits per heavy atom. The lowest BCUT2D eigenvalue weighted by Crippen LogP contribution is -2.49. The molecule has 2 aliphatic heterocycles. The highest BCUT2D eigenvalue weighted by Crippen LogP contribution is 2.21. The highest BCUT2D eigenvalue weighted by molar-refractivity contribution is 5.92. The molecule has 2 saturated heterocycles. The van der Waals surface area contributed by atoms with E-state index in [0.717, 1.165) is 37.9 Å². The van der Waals surface area contributed by atoms with Gasteiger partial charge < -0.3 is 14.7 Å². The maximum atomic E-state index is 12.8. The van der Waals surface area contributed by atoms with Crippen LogP contribution >= 0.6 is 0 Å². The number of hydrogen-bond donors (Lipinski definition) is 0. The number of hydrogen-bond acceptors (Lipinski definition) is 5. The van der Waals surface area contributed by atoms with Gasteiger partial charge in [-0.15, -0.1) is 10.2 Å². The Kier molecular flexibility index (Phi) is 5.46. The number of amides is 1. The molecule has 0 atom stereocenters. The van der Waals surface area contributed by atoms with Crippen LogP contribution in [0.5, 0.6) is 0 Å². The quantitative estimate of drug-likeness (QED) is 0.821. The number of carbonyl (C=O) groups is 1. The summed E-state index contributed by atoms with van der Waals surface area (Å²) in [6.45, 7) is 9.54. The van der Waals surface area contributed by atoms with E-state index < -0.39 is 0 Å². The molecule has 1 aromatic heterocycles. The second kappa shape index (κ2) is 8.17. The van der Waals surface area contributed by atoms with E-state index >= 15 is 0 Å². The number of piperazine rings is 1. The van der Waals surface area contributed by atoms with E-state index in [-0.39, 0.29) is 5.91 Å². The molecule has 0 bridgehead atoms. The number of benzene rings is 1. The minimum absolute atomic E-state index is 0.0183. The molecule has 28 heavy (non-hydrogen) atoms. The van der Waals surface area contributed by atoms with Crippen molar-refractivity contribution in [3.05, 3.63) is 47.7 Å². The molecule has 0 spiro atoms. The molecule has 148 valence electrons. The van der Waals surface area contributed by atoms with Crippen LogP contribution in [0.15, 0.2) is 36.4 Å². The molecular weight excluding hydrogens is 350 g/mol. The number of rotatable bonds is 3. The van der Waals surface area contributed by atoms with Gasteiger partial charge in [0.2, 0.25) is 0 Å². The first kappa shape index (κ1) is 18.7. The number of nitrogens with zero attached hydrogens (tertiary/aromatic N) is 5. The number of carbonyl (C=O) groups excluding carboxylic acids is 1. The van der Waals surface area contributed by atoms with Gasteiger partial charge in [0, 0.05) is 45.0 Å². The summed E-state index contributed by atoms with van der Waals surface area (Å²) >= 11 is 0. The summed E-state index contributed by atoms with van der Waals surface area (Å²) in [5, 5.41) is 8.57. The van der Waals surface area contributed by atoms with Crippen molar-refractivity contribution in [2.45, 2.75) is 26.7 Å². The van der Waals surface area contributed by atoms with Gasteiger partial charge in [0.25, 0.3) is 5.91 Å². The van der Waals surface area contributed by atoms with E-state index in [1.54, 1.807) is 0 Å². The molecule has 0 saturated carbocycles. The monoisotopic (exact) mass is 379 g/mol. The Hall–Kier alpha value is -2.63. The van der Waals surface area contributed by atoms with Crippen LogP contribution in [0.25, 0.3) is 0 Å². The van der Waals surface area contributed by atoms with Crippen LogP contribution in [0, 0.1) is 12.8 Å². The minimum atomic E-state index is -0.0183. The van der Waals surface area contributed by atoms with Gasteiger partial charge in [0.05, 0.1) is 0 Å². The van der Waals surface area contributed by atoms with Crippen LogP contribution in [0.1, 0.15) is 35.8 Å². The summed E-state index contributed by atoms with van der Waals surface area (Å²) in [6.07, 6.45) is 2.38. The molecule has 3 heterocycles. The SMILES string of the molecule is Cc1cccc(N2CCN(C(=O)c3ccc(N4CCC(C)CC4)nn3)CC2)c1. The molecule has 0 unspecified atom stereocenters. The lowest BCUT2D eigenvalue weighted by molar-refractivity contribution is 0.0739. The van der Waals surface area contributed by atoms with Crippen LogP contribution in [-0.2, 0) is 0 Å². The van der Waals surface area contributed by atoms with Gasteiger partial charge in [0.15, 0.2) is 11.5 Å². The third-order valence-corrected chi connectivity index (χ3v) is 5.91. The molecule has 1 amide bonds. The maximum Gasteiger partial charge on any atom is 0.274 e. The van der Waals surface area contributed by atoms with E-state index in [4.69, 9.17) is 0 Å². The summed E-state index contributed by atoms with van der Waals surface area (Å²) in [5.74, 6) is 1.64. The zero-order valence-electron chi connectivity index (χ0n) is 16.8. The lowest BCUT2D eigenvalue weighted by Gasteiger charge is -2.36. The number of anilines is 2. The fraction of sp³-hybridized carbons (Fsp3) is 0.500. The normalized spacial score (nSPS) is 18.4. The van der Waals surface area contributed by atoms with Gasteiger partial charge in [-0.25, -0.2) is 0 Å². The predicted molar refractivity (Wildman–Crippen MR) is 112 cm³/mol. The first-order valence-electron chi connectivity index (χ1n) is 10.3. The Balaban J connectivity index is 1.35. The summed E-state index contributed by atoms with van der Waals surface area (Å²) in [6, 6.07) is 12.3. The molecule has 1 aromatic carbocycles. The van der Waals surface area contributed by atoms with E-state index in [0.29, 0.717) is 18.8 Å². The van der Waals surface area contributed by atoms with Crippen molar-refractivity contribution in [2.24, 2.45) is 5.92 Å². The van der Waals surface area contributed by atoms with Crippen LogP contribution in [0.3, 0.4) is 0 Å². The van der Waals surface area contributed by atoms with Gasteiger partial charge in [0.1, 0.15) is 0 Å². The van der Waals surface area contributed by atoms with Crippen molar-refractivity contribution < 1.29 is 4.79 Å². The standard InChI is InChI=1S/C22H29N5O/c1-17-8-10-26(11-9-17)21-7-6-20(23-24-21)22(28)27-14-12-25(13-15-27)19-5-3-4-18(2)16-19/h3-7,16-17H,8-15H2,1-2H3. The van der Waals surface area contributed by atoms with Crippen LogP contribution < -0.4 is 9.80 Å². The highest BCUT2D eigenvalue weighted by atomic mass is 16.2. The summed E-state index contributed by atoms with van der Waals surface area (Å²) < 4.78 is 0. The zero-order valence-corrected chi connectivity index (χ0v) is 16.8. The van der Waals surface area contributed by atoms with E-state index in [1.807, 2.05) is 17.0 Å². The third kappa shape index (κ3) is 4.11. The number of aryl methyl sites for hydroxylation is 1. The van der Waals surface area contributed by atoms with Crippen molar-refractivity contribution >= 4 is 17.4 Å². The summed E-state index contributed by atoms with van der Waals surface area (Å²) in [7, 11) is 0. The van der Waals surface area contributed by atoms with Gasteiger partial charge in [-0.1, -0.05) is 19.1 Å². The van der Waals surface area contributed by atoms with Gasteiger partial charge in [-0.05, 0) is 55.5 Å². The molecule has 6 nitrogen and oxygen atoms in total. The van der Waals surface area contributed by atoms with E-state index in [1.165, 1.54) is 24.1 Å². The number of aromatic nitrogens is 2. The Morgan fingerprint density at radius 3 is 2.32 bits per heavy atom. The third-order valence-electron chi connectivity index (χ3n) is 5.91. The average Bonchev–Trinajstić information content (AvgIpc) is 2.74. The minimum Gasteiger partial charge on any atom is -0.368 e. The smallest absolute Gasteiger partial charge is 0.274 e. The summed E-state index contributed by atoms with van der Waals surface area (Å²) in [4.78, 5) is 19.3. The fourth-order valence-electron chi connectivity index (χ4n) is 4.00. The first-order valence-corrected chi connectivity index (χ1v) is 10.3. The van der Waals surface area contributed by atoms with Crippen molar-refractivity contribution in [2.75, 3.05) is 49.1 Å². The molecule has 0 N–H and O–H groups in total. The van der Waals surface area contributed by atoms with Crippen molar-refractivity contribution in [3.63, 3.8) is 0 Å². The predicted octanol–water partition coefficient (Wildman–Crippen LogP) is 2.98. The molecule has 0 radical (unpaired) electrons. The lowest BCUT2D eigenvalue weighted by atomic mass is 9.99. The van der Waals surface area contributed by atoms with Crippen molar-refractivity contribution in [3.8, 4) is 0 Å². The van der Waals surface area contributed by atoms with Crippen molar-refractivity contribution in [1.82, 2.24) is 15.1 Å². The second-order valence-electron chi connectivity index (χ2n) is 8.06. The van der Waals surface area contributed by atoms with Crippen LogP contribution in [0.4, 0.5) is 11.5 Å². The topological polar surface area (TPSA) is 52.6 Å². The van der Waals surface area contributed by atoms with Crippen LogP contribution in [-0.4, -0.2) is 60.3 Å². The Labute approximate surface area is 167 Å². The molecule has 0 aliphatic carbocycles. The molecule has 2 fully saturated rings. The maximum absolute atomic E-state index is 12.8. The van der Waals surface area contributed by atoms with Crippen LogP contribution in [0.2, 0.25) is 0 Å². The average molecular weight is 380 g/mol. The van der Waals surface area contributed by atoms with Crippen molar-refractivity contribution in [1.29, 1.82) is 0 Å². The van der Waals surface area contributed by atoms with Gasteiger partial charge in [-0.3, -0.25) is 4.79 Å². The van der Waals surface area contributed by atoms with E-state index in [2.05, 4.69) is 58.1 Å². The second-order valence-corrected chi connectivity index (χ2v) is 8.06. The van der Waals surface area contributed by atoms with E-state index in [9.17, 15) is 4.79 Å². The largest absolute Gasteiger partial charge is 0.368 e. The van der Waals surface area contributed by atoms with Gasteiger partial charge >= 0.3 is 0 Å². The molecule has 2 aromatic rings. The first-order chi connectivity index (χ1) is 13.6. The number of piperidine rings is 1. The fourth-order valence-corrected chi connectivity index (χ4v) is 4.00. The van der Waals surface area contributed by atoms with Gasteiger partial charge in [-0.2, -0.15) is 0 Å². The molecular formula is C22H29N5O. The molecule has 6 heteroatoms. The molecule has 4 rings (SSSR count). The Morgan fingerprint density at radius 1 is 0.929 bits per heavy atom. The summed E-state index contributed by atoms with van der Waals surface area (Å²) in [5.41, 5.74) is 2.93.